The Kier molecular flexibility index (Phi) is 5.43. The van der Waals surface area contributed by atoms with Gasteiger partial charge in [-0.2, -0.15) is 5.26 Å². The van der Waals surface area contributed by atoms with Crippen molar-refractivity contribution >= 4 is 11.6 Å². The van der Waals surface area contributed by atoms with Crippen molar-refractivity contribution in [2.75, 3.05) is 37.6 Å². The summed E-state index contributed by atoms with van der Waals surface area (Å²) >= 11 is 0. The summed E-state index contributed by atoms with van der Waals surface area (Å²) in [5.74, 6) is 0.253. The standard InChI is InChI=1S/C23H26N4O/c1-18-14-21-4-2-3-5-22(21)27(18)23(28)17-26-12-10-25(11-13-26)16-20-8-6-19(15-24)7-9-20/h2-9,18H,10-14,16-17H2,1H3/p+2/t18-/m1/s1. The zero-order valence-corrected chi connectivity index (χ0v) is 16.4. The maximum atomic E-state index is 13.0. The number of piperazine rings is 1. The number of para-hydroxylation sites is 1. The predicted octanol–water partition coefficient (Wildman–Crippen LogP) is -0.181. The molecule has 0 spiro atoms. The molecule has 5 nitrogen and oxygen atoms in total. The van der Waals surface area contributed by atoms with E-state index >= 15 is 0 Å². The Balaban J connectivity index is 1.29. The van der Waals surface area contributed by atoms with E-state index in [-0.39, 0.29) is 11.9 Å². The van der Waals surface area contributed by atoms with Crippen LogP contribution in [0.1, 0.15) is 23.6 Å². The number of benzene rings is 2. The van der Waals surface area contributed by atoms with E-state index in [0.717, 1.165) is 44.8 Å². The quantitative estimate of drug-likeness (QED) is 0.778. The third-order valence-electron chi connectivity index (χ3n) is 6.08. The zero-order valence-electron chi connectivity index (χ0n) is 16.4. The maximum absolute atomic E-state index is 13.0. The number of hydrogen-bond donors (Lipinski definition) is 2. The Bertz CT molecular complexity index is 878. The van der Waals surface area contributed by atoms with Crippen molar-refractivity contribution in [2.45, 2.75) is 25.9 Å². The van der Waals surface area contributed by atoms with Gasteiger partial charge in [0.1, 0.15) is 32.7 Å². The van der Waals surface area contributed by atoms with Gasteiger partial charge in [0.05, 0.1) is 11.6 Å². The van der Waals surface area contributed by atoms with Gasteiger partial charge in [0.25, 0.3) is 5.91 Å². The van der Waals surface area contributed by atoms with Crippen LogP contribution in [-0.4, -0.2) is 44.7 Å². The van der Waals surface area contributed by atoms with Crippen LogP contribution in [0.4, 0.5) is 5.69 Å². The molecule has 2 aliphatic heterocycles. The molecule has 1 amide bonds. The molecule has 1 atom stereocenters. The Morgan fingerprint density at radius 2 is 1.75 bits per heavy atom. The van der Waals surface area contributed by atoms with Crippen molar-refractivity contribution in [3.05, 3.63) is 65.2 Å². The molecule has 0 saturated carbocycles. The van der Waals surface area contributed by atoms with E-state index < -0.39 is 0 Å². The number of quaternary nitrogens is 2. The van der Waals surface area contributed by atoms with E-state index in [2.05, 4.69) is 43.3 Å². The highest BCUT2D eigenvalue weighted by Gasteiger charge is 2.33. The molecule has 5 heteroatoms. The minimum absolute atomic E-state index is 0.253. The second kappa shape index (κ2) is 8.14. The zero-order chi connectivity index (χ0) is 19.5. The van der Waals surface area contributed by atoms with E-state index in [1.807, 2.05) is 23.1 Å². The molecule has 0 bridgehead atoms. The summed E-state index contributed by atoms with van der Waals surface area (Å²) in [7, 11) is 0. The van der Waals surface area contributed by atoms with Crippen molar-refractivity contribution in [3.8, 4) is 6.07 Å². The number of carbonyl (C=O) groups excluding carboxylic acids is 1. The summed E-state index contributed by atoms with van der Waals surface area (Å²) in [5, 5.41) is 8.91. The van der Waals surface area contributed by atoms with Gasteiger partial charge in [0.15, 0.2) is 6.54 Å². The minimum atomic E-state index is 0.253. The molecule has 2 aromatic carbocycles. The number of hydrogen-bond acceptors (Lipinski definition) is 2. The molecule has 144 valence electrons. The first-order chi connectivity index (χ1) is 13.6. The van der Waals surface area contributed by atoms with Crippen molar-refractivity contribution in [1.82, 2.24) is 0 Å². The van der Waals surface area contributed by atoms with Crippen LogP contribution in [0.15, 0.2) is 48.5 Å². The van der Waals surface area contributed by atoms with Gasteiger partial charge in [-0.3, -0.25) is 4.79 Å². The fourth-order valence-corrected chi connectivity index (χ4v) is 4.54. The molecule has 2 aliphatic rings. The van der Waals surface area contributed by atoms with Crippen LogP contribution in [0.5, 0.6) is 0 Å². The largest absolute Gasteiger partial charge is 0.322 e. The number of carbonyl (C=O) groups is 1. The van der Waals surface area contributed by atoms with Gasteiger partial charge < -0.3 is 14.7 Å². The van der Waals surface area contributed by atoms with Crippen LogP contribution in [0, 0.1) is 11.3 Å². The lowest BCUT2D eigenvalue weighted by molar-refractivity contribution is -1.02. The summed E-state index contributed by atoms with van der Waals surface area (Å²) in [6.45, 7) is 7.94. The first-order valence-electron chi connectivity index (χ1n) is 10.2. The van der Waals surface area contributed by atoms with E-state index in [4.69, 9.17) is 5.26 Å². The Morgan fingerprint density at radius 3 is 2.46 bits per heavy atom. The van der Waals surface area contributed by atoms with Crippen LogP contribution in [-0.2, 0) is 17.8 Å². The van der Waals surface area contributed by atoms with Gasteiger partial charge in [0, 0.05) is 17.3 Å². The van der Waals surface area contributed by atoms with E-state index in [1.165, 1.54) is 16.0 Å². The van der Waals surface area contributed by atoms with Crippen LogP contribution < -0.4 is 14.7 Å². The molecule has 2 heterocycles. The fraction of sp³-hybridized carbons (Fsp3) is 0.391. The average Bonchev–Trinajstić information content (AvgIpc) is 3.06. The molecule has 0 aromatic heterocycles. The summed E-state index contributed by atoms with van der Waals surface area (Å²) in [4.78, 5) is 18.0. The molecule has 2 aromatic rings. The van der Waals surface area contributed by atoms with Gasteiger partial charge in [-0.15, -0.1) is 0 Å². The summed E-state index contributed by atoms with van der Waals surface area (Å²) in [6.07, 6.45) is 0.958. The maximum Gasteiger partial charge on any atom is 0.282 e. The third-order valence-corrected chi connectivity index (χ3v) is 6.08. The third kappa shape index (κ3) is 3.94. The number of nitriles is 1. The topological polar surface area (TPSA) is 53.0 Å². The van der Waals surface area contributed by atoms with Crippen molar-refractivity contribution in [1.29, 1.82) is 5.26 Å². The number of nitrogens with one attached hydrogen (secondary N) is 2. The van der Waals surface area contributed by atoms with Crippen molar-refractivity contribution < 1.29 is 14.6 Å². The molecule has 28 heavy (non-hydrogen) atoms. The Morgan fingerprint density at radius 1 is 1.07 bits per heavy atom. The summed E-state index contributed by atoms with van der Waals surface area (Å²) in [5.41, 5.74) is 4.37. The van der Waals surface area contributed by atoms with Crippen molar-refractivity contribution in [3.63, 3.8) is 0 Å². The second-order valence-electron chi connectivity index (χ2n) is 8.11. The SMILES string of the molecule is C[C@@H]1Cc2ccccc2N1C(=O)C[NH+]1CC[NH+](Cc2ccc(C#N)cc2)CC1. The molecule has 4 rings (SSSR count). The highest BCUT2D eigenvalue weighted by atomic mass is 16.2. The lowest BCUT2D eigenvalue weighted by Gasteiger charge is -2.31. The number of fused-ring (bicyclic) bond motifs is 1. The molecule has 0 unspecified atom stereocenters. The lowest BCUT2D eigenvalue weighted by Crippen LogP contribution is -3.28. The van der Waals surface area contributed by atoms with E-state index in [1.54, 1.807) is 4.90 Å². The lowest BCUT2D eigenvalue weighted by atomic mass is 10.1. The first-order valence-corrected chi connectivity index (χ1v) is 10.2. The smallest absolute Gasteiger partial charge is 0.282 e. The first kappa shape index (κ1) is 18.7. The number of nitrogens with zero attached hydrogens (tertiary/aromatic N) is 2. The number of anilines is 1. The van der Waals surface area contributed by atoms with E-state index in [0.29, 0.717) is 12.1 Å². The Labute approximate surface area is 166 Å². The van der Waals surface area contributed by atoms with Crippen molar-refractivity contribution in [2.24, 2.45) is 0 Å². The highest BCUT2D eigenvalue weighted by Crippen LogP contribution is 2.31. The predicted molar refractivity (Wildman–Crippen MR) is 108 cm³/mol. The molecular weight excluding hydrogens is 348 g/mol. The monoisotopic (exact) mass is 376 g/mol. The van der Waals surface area contributed by atoms with Gasteiger partial charge in [-0.25, -0.2) is 0 Å². The Hall–Kier alpha value is -2.68. The van der Waals surface area contributed by atoms with Crippen LogP contribution in [0.2, 0.25) is 0 Å². The normalized spacial score (nSPS) is 23.9. The van der Waals surface area contributed by atoms with Gasteiger partial charge >= 0.3 is 0 Å². The molecule has 0 radical (unpaired) electrons. The summed E-state index contributed by atoms with van der Waals surface area (Å²) < 4.78 is 0. The highest BCUT2D eigenvalue weighted by molar-refractivity contribution is 5.96. The van der Waals surface area contributed by atoms with Gasteiger partial charge in [-0.1, -0.05) is 30.3 Å². The number of rotatable bonds is 4. The minimum Gasteiger partial charge on any atom is -0.322 e. The molecule has 1 fully saturated rings. The van der Waals surface area contributed by atoms with Crippen LogP contribution in [0.3, 0.4) is 0 Å². The van der Waals surface area contributed by atoms with Crippen LogP contribution >= 0.6 is 0 Å². The molecule has 1 saturated heterocycles. The molecular formula is C23H28N4O+2. The molecule has 2 N–H and O–H groups in total. The fourth-order valence-electron chi connectivity index (χ4n) is 4.54. The second-order valence-corrected chi connectivity index (χ2v) is 8.11. The average molecular weight is 377 g/mol. The van der Waals surface area contributed by atoms with Gasteiger partial charge in [0.2, 0.25) is 0 Å². The molecule has 0 aliphatic carbocycles. The van der Waals surface area contributed by atoms with Gasteiger partial charge in [-0.05, 0) is 37.1 Å². The van der Waals surface area contributed by atoms with Crippen LogP contribution in [0.25, 0.3) is 0 Å². The summed E-state index contributed by atoms with van der Waals surface area (Å²) in [6, 6.07) is 18.6. The van der Waals surface area contributed by atoms with E-state index in [9.17, 15) is 4.79 Å². The number of amides is 1.